The summed E-state index contributed by atoms with van der Waals surface area (Å²) in [6.45, 7) is 6.82. The molecule has 0 aliphatic carbocycles. The Balaban J connectivity index is 1.24. The second kappa shape index (κ2) is 7.25. The van der Waals surface area contributed by atoms with Crippen molar-refractivity contribution in [1.29, 1.82) is 0 Å². The number of aliphatic imine (C=N–C) groups is 1. The number of pyridine rings is 1. The molecule has 5 heterocycles. The molecule has 3 aromatic rings. The van der Waals surface area contributed by atoms with Crippen LogP contribution in [-0.4, -0.2) is 70.6 Å². The second-order valence-corrected chi connectivity index (χ2v) is 8.61. The molecule has 158 valence electrons. The average Bonchev–Trinajstić information content (AvgIpc) is 3.12. The average molecular weight is 416 g/mol. The van der Waals surface area contributed by atoms with E-state index < -0.39 is 0 Å². The zero-order valence-electron chi connectivity index (χ0n) is 17.5. The molecule has 0 amide bonds. The van der Waals surface area contributed by atoms with E-state index in [9.17, 15) is 0 Å². The van der Waals surface area contributed by atoms with E-state index in [1.165, 1.54) is 0 Å². The fourth-order valence-electron chi connectivity index (χ4n) is 4.70. The number of hydrogen-bond acceptors (Lipinski definition) is 8. The number of hydrogen-bond donors (Lipinski definition) is 1. The Morgan fingerprint density at radius 1 is 1.13 bits per heavy atom. The van der Waals surface area contributed by atoms with E-state index in [2.05, 4.69) is 38.8 Å². The maximum atomic E-state index is 5.88. The summed E-state index contributed by atoms with van der Waals surface area (Å²) < 4.78 is 5.57. The molecule has 2 fully saturated rings. The summed E-state index contributed by atoms with van der Waals surface area (Å²) in [4.78, 5) is 23.5. The van der Waals surface area contributed by atoms with Gasteiger partial charge < -0.3 is 15.4 Å². The summed E-state index contributed by atoms with van der Waals surface area (Å²) in [5.74, 6) is 1.55. The van der Waals surface area contributed by atoms with Crippen molar-refractivity contribution in [3.05, 3.63) is 42.1 Å². The van der Waals surface area contributed by atoms with Crippen LogP contribution in [0.1, 0.15) is 12.5 Å². The van der Waals surface area contributed by atoms with Crippen LogP contribution in [0.2, 0.25) is 0 Å². The molecule has 0 saturated carbocycles. The zero-order chi connectivity index (χ0) is 20.9. The van der Waals surface area contributed by atoms with Gasteiger partial charge in [-0.05, 0) is 30.7 Å². The molecule has 6 rings (SSSR count). The molecular formula is C23H25N7O. The first-order chi connectivity index (χ1) is 15.1. The van der Waals surface area contributed by atoms with E-state index in [4.69, 9.17) is 20.4 Å². The van der Waals surface area contributed by atoms with Gasteiger partial charge in [0.2, 0.25) is 0 Å². The van der Waals surface area contributed by atoms with Gasteiger partial charge in [0.1, 0.15) is 17.2 Å². The molecule has 1 aromatic carbocycles. The number of morpholine rings is 1. The van der Waals surface area contributed by atoms with E-state index in [0.717, 1.165) is 73.1 Å². The monoisotopic (exact) mass is 415 g/mol. The van der Waals surface area contributed by atoms with Crippen molar-refractivity contribution in [3.63, 3.8) is 0 Å². The molecule has 1 atom stereocenters. The van der Waals surface area contributed by atoms with E-state index in [-0.39, 0.29) is 0 Å². The number of amidine groups is 1. The molecule has 3 aliphatic heterocycles. The Hall–Kier alpha value is -3.10. The molecule has 8 heteroatoms. The molecule has 8 nitrogen and oxygen atoms in total. The fourth-order valence-corrected chi connectivity index (χ4v) is 4.70. The highest BCUT2D eigenvalue weighted by Gasteiger charge is 2.36. The Morgan fingerprint density at radius 2 is 2.03 bits per heavy atom. The van der Waals surface area contributed by atoms with E-state index in [1.807, 2.05) is 24.4 Å². The normalized spacial score (nSPS) is 21.8. The standard InChI is InChI=1S/C23H25N7O/c1-14-13-31-7-6-30(14)17-11-29(12-17)22-10-25-19-5-4-18(27-23(19)28-22)15-2-3-16-9-21(24)26-20(16)8-15/h2-5,8,10,14,17H,6-7,9,11-13H2,1H3,(H2,24,26)/t14-/m1/s1. The van der Waals surface area contributed by atoms with Crippen molar-refractivity contribution in [3.8, 4) is 11.3 Å². The lowest BCUT2D eigenvalue weighted by Crippen LogP contribution is -2.64. The first-order valence-electron chi connectivity index (χ1n) is 10.8. The molecular weight excluding hydrogens is 390 g/mol. The van der Waals surface area contributed by atoms with Crippen LogP contribution in [0.15, 0.2) is 41.5 Å². The van der Waals surface area contributed by atoms with Crippen LogP contribution < -0.4 is 10.6 Å². The van der Waals surface area contributed by atoms with Gasteiger partial charge in [-0.25, -0.2) is 19.9 Å². The molecule has 2 N–H and O–H groups in total. The van der Waals surface area contributed by atoms with Crippen molar-refractivity contribution in [1.82, 2.24) is 19.9 Å². The third kappa shape index (κ3) is 3.32. The van der Waals surface area contributed by atoms with Gasteiger partial charge >= 0.3 is 0 Å². The number of anilines is 1. The molecule has 0 spiro atoms. The van der Waals surface area contributed by atoms with E-state index in [1.54, 1.807) is 0 Å². The lowest BCUT2D eigenvalue weighted by atomic mass is 10.0. The Labute approximate surface area is 180 Å². The van der Waals surface area contributed by atoms with Gasteiger partial charge in [-0.1, -0.05) is 12.1 Å². The van der Waals surface area contributed by atoms with Crippen molar-refractivity contribution < 1.29 is 4.74 Å². The summed E-state index contributed by atoms with van der Waals surface area (Å²) >= 11 is 0. The van der Waals surface area contributed by atoms with Gasteiger partial charge in [-0.3, -0.25) is 4.90 Å². The minimum atomic E-state index is 0.472. The highest BCUT2D eigenvalue weighted by Crippen LogP contribution is 2.31. The van der Waals surface area contributed by atoms with Crippen molar-refractivity contribution in [2.75, 3.05) is 37.7 Å². The third-order valence-electron chi connectivity index (χ3n) is 6.49. The minimum Gasteiger partial charge on any atom is -0.387 e. The van der Waals surface area contributed by atoms with Gasteiger partial charge in [0, 0.05) is 43.7 Å². The van der Waals surface area contributed by atoms with Crippen LogP contribution in [0.4, 0.5) is 11.5 Å². The van der Waals surface area contributed by atoms with E-state index in [0.29, 0.717) is 23.6 Å². The molecule has 2 saturated heterocycles. The topological polar surface area (TPSA) is 92.8 Å². The first-order valence-corrected chi connectivity index (χ1v) is 10.8. The minimum absolute atomic E-state index is 0.472. The Kier molecular flexibility index (Phi) is 4.36. The highest BCUT2D eigenvalue weighted by atomic mass is 16.5. The molecule has 0 unspecified atom stereocenters. The Bertz CT molecular complexity index is 1190. The number of fused-ring (bicyclic) bond motifs is 2. The summed E-state index contributed by atoms with van der Waals surface area (Å²) in [5, 5.41) is 0. The SMILES string of the molecule is C[C@@H]1COCCN1C1CN(c2cnc3ccc(-c4ccc5c(c4)N=C(N)C5)nc3n2)C1. The van der Waals surface area contributed by atoms with Gasteiger partial charge in [0.25, 0.3) is 0 Å². The molecule has 3 aliphatic rings. The molecule has 2 aromatic heterocycles. The predicted octanol–water partition coefficient (Wildman–Crippen LogP) is 2.15. The maximum Gasteiger partial charge on any atom is 0.180 e. The lowest BCUT2D eigenvalue weighted by Gasteiger charge is -2.49. The van der Waals surface area contributed by atoms with Crippen molar-refractivity contribution >= 4 is 28.5 Å². The van der Waals surface area contributed by atoms with Crippen molar-refractivity contribution in [2.45, 2.75) is 25.4 Å². The quantitative estimate of drug-likeness (QED) is 0.701. The summed E-state index contributed by atoms with van der Waals surface area (Å²) in [5.41, 5.74) is 11.3. The fraction of sp³-hybridized carbons (Fsp3) is 0.391. The van der Waals surface area contributed by atoms with Gasteiger partial charge in [0.15, 0.2) is 5.65 Å². The third-order valence-corrected chi connectivity index (χ3v) is 6.49. The first kappa shape index (κ1) is 18.7. The molecule has 0 radical (unpaired) electrons. The highest BCUT2D eigenvalue weighted by molar-refractivity contribution is 5.92. The number of nitrogens with zero attached hydrogens (tertiary/aromatic N) is 6. The van der Waals surface area contributed by atoms with Gasteiger partial charge in [0.05, 0.1) is 30.8 Å². The van der Waals surface area contributed by atoms with Crippen LogP contribution in [0, 0.1) is 0 Å². The number of aromatic nitrogens is 3. The van der Waals surface area contributed by atoms with Crippen LogP contribution in [0.3, 0.4) is 0 Å². The van der Waals surface area contributed by atoms with Gasteiger partial charge in [-0.2, -0.15) is 0 Å². The van der Waals surface area contributed by atoms with Crippen LogP contribution >= 0.6 is 0 Å². The Morgan fingerprint density at radius 3 is 2.90 bits per heavy atom. The predicted molar refractivity (Wildman–Crippen MR) is 121 cm³/mol. The zero-order valence-corrected chi connectivity index (χ0v) is 17.5. The van der Waals surface area contributed by atoms with Crippen LogP contribution in [-0.2, 0) is 11.2 Å². The van der Waals surface area contributed by atoms with Crippen LogP contribution in [0.25, 0.3) is 22.4 Å². The molecule has 0 bridgehead atoms. The summed E-state index contributed by atoms with van der Waals surface area (Å²) in [6, 6.07) is 11.2. The van der Waals surface area contributed by atoms with E-state index >= 15 is 0 Å². The van der Waals surface area contributed by atoms with Crippen molar-refractivity contribution in [2.24, 2.45) is 10.7 Å². The largest absolute Gasteiger partial charge is 0.387 e. The number of nitrogens with two attached hydrogens (primary N) is 1. The summed E-state index contributed by atoms with van der Waals surface area (Å²) in [7, 11) is 0. The molecule has 31 heavy (non-hydrogen) atoms. The maximum absolute atomic E-state index is 5.88. The lowest BCUT2D eigenvalue weighted by molar-refractivity contribution is -0.0275. The van der Waals surface area contributed by atoms with Crippen LogP contribution in [0.5, 0.6) is 0 Å². The summed E-state index contributed by atoms with van der Waals surface area (Å²) in [6.07, 6.45) is 2.57. The number of benzene rings is 1. The number of rotatable bonds is 3. The smallest absolute Gasteiger partial charge is 0.180 e. The van der Waals surface area contributed by atoms with Gasteiger partial charge in [-0.15, -0.1) is 0 Å². The number of ether oxygens (including phenoxy) is 1. The second-order valence-electron chi connectivity index (χ2n) is 8.61.